The second kappa shape index (κ2) is 17.7. The number of unbranched alkanes of at least 4 members (excludes halogenated alkanes) is 11. The van der Waals surface area contributed by atoms with Crippen molar-refractivity contribution in [3.63, 3.8) is 0 Å². The van der Waals surface area contributed by atoms with Gasteiger partial charge in [0.05, 0.1) is 0 Å². The van der Waals surface area contributed by atoms with Gasteiger partial charge in [-0.15, -0.1) is 0 Å². The number of rotatable bonds is 19. The molecule has 0 amide bonds. The van der Waals surface area contributed by atoms with Gasteiger partial charge in [0.1, 0.15) is 12.4 Å². The molecule has 1 heterocycles. The van der Waals surface area contributed by atoms with Crippen LogP contribution in [0.2, 0.25) is 0 Å². The fourth-order valence-electron chi connectivity index (χ4n) is 4.70. The highest BCUT2D eigenvalue weighted by atomic mass is 16.5. The van der Waals surface area contributed by atoms with Gasteiger partial charge in [-0.1, -0.05) is 109 Å². The molecule has 0 radical (unpaired) electrons. The van der Waals surface area contributed by atoms with Crippen LogP contribution in [-0.4, -0.2) is 9.97 Å². The van der Waals surface area contributed by atoms with E-state index in [0.29, 0.717) is 6.61 Å². The molecular formula is C34H48N2O. The van der Waals surface area contributed by atoms with Gasteiger partial charge in [0.25, 0.3) is 0 Å². The first-order chi connectivity index (χ1) is 18.3. The van der Waals surface area contributed by atoms with Crippen LogP contribution in [0.3, 0.4) is 0 Å². The summed E-state index contributed by atoms with van der Waals surface area (Å²) in [6.07, 6.45) is 23.6. The zero-order valence-corrected chi connectivity index (χ0v) is 23.4. The third-order valence-corrected chi connectivity index (χ3v) is 7.13. The molecule has 0 fully saturated rings. The maximum Gasteiger partial charge on any atom is 0.159 e. The molecule has 0 saturated carbocycles. The number of aryl methyl sites for hydroxylation is 2. The quantitative estimate of drug-likeness (QED) is 0.154. The van der Waals surface area contributed by atoms with E-state index in [4.69, 9.17) is 4.74 Å². The third-order valence-electron chi connectivity index (χ3n) is 7.13. The minimum atomic E-state index is 0.584. The van der Waals surface area contributed by atoms with Crippen molar-refractivity contribution in [2.45, 2.75) is 117 Å². The van der Waals surface area contributed by atoms with Crippen LogP contribution in [0.25, 0.3) is 11.4 Å². The Morgan fingerprint density at radius 2 is 1.00 bits per heavy atom. The largest absolute Gasteiger partial charge is 0.489 e. The van der Waals surface area contributed by atoms with Crippen LogP contribution in [0.5, 0.6) is 5.75 Å². The first-order valence-corrected chi connectivity index (χ1v) is 14.9. The Kier molecular flexibility index (Phi) is 13.8. The van der Waals surface area contributed by atoms with Gasteiger partial charge in [0.15, 0.2) is 5.82 Å². The maximum absolute atomic E-state index is 6.03. The monoisotopic (exact) mass is 500 g/mol. The van der Waals surface area contributed by atoms with Crippen molar-refractivity contribution in [2.24, 2.45) is 0 Å². The molecule has 3 heteroatoms. The normalized spacial score (nSPS) is 11.1. The van der Waals surface area contributed by atoms with E-state index in [1.807, 2.05) is 36.7 Å². The smallest absolute Gasteiger partial charge is 0.159 e. The summed E-state index contributed by atoms with van der Waals surface area (Å²) in [6.45, 7) is 5.12. The van der Waals surface area contributed by atoms with Crippen LogP contribution < -0.4 is 4.74 Å². The summed E-state index contributed by atoms with van der Waals surface area (Å²) in [7, 11) is 0. The highest BCUT2D eigenvalue weighted by molar-refractivity contribution is 5.55. The average Bonchev–Trinajstić information content (AvgIpc) is 2.94. The standard InChI is InChI=1S/C34H48N2O/c1-3-5-7-9-11-13-14-16-29-18-20-30(21-19-29)28-37-33-24-22-32(23-25-33)34-35-26-31(27-36-34)17-15-12-10-8-6-4-2/h18-27H,3-17,28H2,1-2H3. The summed E-state index contributed by atoms with van der Waals surface area (Å²) in [5, 5.41) is 0. The third kappa shape index (κ3) is 11.5. The van der Waals surface area contributed by atoms with E-state index < -0.39 is 0 Å². The summed E-state index contributed by atoms with van der Waals surface area (Å²) in [5.41, 5.74) is 4.89. The van der Waals surface area contributed by atoms with Crippen LogP contribution >= 0.6 is 0 Å². The first kappa shape index (κ1) is 28.9. The first-order valence-electron chi connectivity index (χ1n) is 14.9. The van der Waals surface area contributed by atoms with Gasteiger partial charge in [-0.25, -0.2) is 9.97 Å². The molecule has 0 bridgehead atoms. The fraction of sp³-hybridized carbons (Fsp3) is 0.529. The van der Waals surface area contributed by atoms with E-state index in [1.165, 1.54) is 107 Å². The van der Waals surface area contributed by atoms with Crippen LogP contribution in [0.15, 0.2) is 60.9 Å². The molecule has 0 aliphatic heterocycles. The minimum Gasteiger partial charge on any atom is -0.489 e. The lowest BCUT2D eigenvalue weighted by Crippen LogP contribution is -1.97. The van der Waals surface area contributed by atoms with Gasteiger partial charge in [0.2, 0.25) is 0 Å². The minimum absolute atomic E-state index is 0.584. The predicted octanol–water partition coefficient (Wildman–Crippen LogP) is 9.92. The van der Waals surface area contributed by atoms with Crippen molar-refractivity contribution < 1.29 is 4.74 Å². The lowest BCUT2D eigenvalue weighted by Gasteiger charge is -2.09. The second-order valence-electron chi connectivity index (χ2n) is 10.4. The number of benzene rings is 2. The molecule has 200 valence electrons. The summed E-state index contributed by atoms with van der Waals surface area (Å²) >= 11 is 0. The fourth-order valence-corrected chi connectivity index (χ4v) is 4.70. The second-order valence-corrected chi connectivity index (χ2v) is 10.4. The van der Waals surface area contributed by atoms with Crippen molar-refractivity contribution >= 4 is 0 Å². The summed E-state index contributed by atoms with van der Waals surface area (Å²) in [4.78, 5) is 9.20. The van der Waals surface area contributed by atoms with E-state index in [0.717, 1.165) is 23.6 Å². The number of hydrogen-bond donors (Lipinski definition) is 0. The van der Waals surface area contributed by atoms with E-state index in [-0.39, 0.29) is 0 Å². The Morgan fingerprint density at radius 1 is 0.514 bits per heavy atom. The van der Waals surface area contributed by atoms with Crippen molar-refractivity contribution in [3.05, 3.63) is 77.6 Å². The molecule has 3 nitrogen and oxygen atoms in total. The molecule has 0 aliphatic carbocycles. The molecule has 0 spiro atoms. The Labute approximate surface area is 226 Å². The summed E-state index contributed by atoms with van der Waals surface area (Å²) < 4.78 is 6.03. The highest BCUT2D eigenvalue weighted by Gasteiger charge is 2.04. The van der Waals surface area contributed by atoms with Gasteiger partial charge in [-0.3, -0.25) is 0 Å². The Morgan fingerprint density at radius 3 is 1.57 bits per heavy atom. The molecule has 0 saturated heterocycles. The van der Waals surface area contributed by atoms with Crippen LogP contribution in [0.4, 0.5) is 0 Å². The molecule has 37 heavy (non-hydrogen) atoms. The molecule has 3 rings (SSSR count). The SMILES string of the molecule is CCCCCCCCCc1ccc(COc2ccc(-c3ncc(CCCCCCCC)cn3)cc2)cc1. The van der Waals surface area contributed by atoms with Crippen LogP contribution in [0.1, 0.15) is 114 Å². The van der Waals surface area contributed by atoms with Gasteiger partial charge in [0, 0.05) is 18.0 Å². The Hall–Kier alpha value is -2.68. The maximum atomic E-state index is 6.03. The lowest BCUT2D eigenvalue weighted by atomic mass is 10.0. The molecule has 0 N–H and O–H groups in total. The van der Waals surface area contributed by atoms with Gasteiger partial charge >= 0.3 is 0 Å². The number of hydrogen-bond acceptors (Lipinski definition) is 3. The predicted molar refractivity (Wildman–Crippen MR) is 157 cm³/mol. The van der Waals surface area contributed by atoms with Crippen molar-refractivity contribution in [1.82, 2.24) is 9.97 Å². The molecule has 2 aromatic carbocycles. The average molecular weight is 501 g/mol. The number of ether oxygens (including phenoxy) is 1. The molecule has 0 aliphatic rings. The van der Waals surface area contributed by atoms with Crippen molar-refractivity contribution in [1.29, 1.82) is 0 Å². The molecule has 1 aromatic heterocycles. The zero-order chi connectivity index (χ0) is 26.0. The van der Waals surface area contributed by atoms with Crippen LogP contribution in [0, 0.1) is 0 Å². The summed E-state index contributed by atoms with van der Waals surface area (Å²) in [5.74, 6) is 1.64. The van der Waals surface area contributed by atoms with Gasteiger partial charge < -0.3 is 4.74 Å². The van der Waals surface area contributed by atoms with Gasteiger partial charge in [-0.05, 0) is 66.6 Å². The molecular weight excluding hydrogens is 452 g/mol. The highest BCUT2D eigenvalue weighted by Crippen LogP contribution is 2.21. The van der Waals surface area contributed by atoms with E-state index in [9.17, 15) is 0 Å². The van der Waals surface area contributed by atoms with E-state index >= 15 is 0 Å². The van der Waals surface area contributed by atoms with Crippen molar-refractivity contribution in [2.75, 3.05) is 0 Å². The number of aromatic nitrogens is 2. The lowest BCUT2D eigenvalue weighted by molar-refractivity contribution is 0.306. The Balaban J connectivity index is 1.36. The van der Waals surface area contributed by atoms with E-state index in [1.54, 1.807) is 0 Å². The molecule has 0 atom stereocenters. The molecule has 3 aromatic rings. The van der Waals surface area contributed by atoms with Crippen LogP contribution in [-0.2, 0) is 19.4 Å². The molecule has 0 unspecified atom stereocenters. The number of nitrogens with zero attached hydrogens (tertiary/aromatic N) is 2. The Bertz CT molecular complexity index is 964. The van der Waals surface area contributed by atoms with E-state index in [2.05, 4.69) is 48.1 Å². The zero-order valence-electron chi connectivity index (χ0n) is 23.4. The van der Waals surface area contributed by atoms with Crippen molar-refractivity contribution in [3.8, 4) is 17.1 Å². The summed E-state index contributed by atoms with van der Waals surface area (Å²) in [6, 6.07) is 17.0. The van der Waals surface area contributed by atoms with Gasteiger partial charge in [-0.2, -0.15) is 0 Å². The topological polar surface area (TPSA) is 35.0 Å².